The van der Waals surface area contributed by atoms with Crippen LogP contribution in [0.3, 0.4) is 0 Å². The first kappa shape index (κ1) is 30.9. The number of benzene rings is 3. The van der Waals surface area contributed by atoms with Gasteiger partial charge in [0.15, 0.2) is 11.6 Å². The summed E-state index contributed by atoms with van der Waals surface area (Å²) in [5, 5.41) is 10.2. The minimum atomic E-state index is -0.972. The molecule has 0 aromatic heterocycles. The summed E-state index contributed by atoms with van der Waals surface area (Å²) in [6.45, 7) is 8.98. The second kappa shape index (κ2) is 11.5. The lowest BCUT2D eigenvalue weighted by Crippen LogP contribution is -2.26. The molecule has 0 saturated heterocycles. The van der Waals surface area contributed by atoms with Crippen LogP contribution < -0.4 is 4.74 Å². The Labute approximate surface area is 268 Å². The predicted molar refractivity (Wildman–Crippen MR) is 170 cm³/mol. The molecule has 2 heterocycles. The molecule has 3 aromatic carbocycles. The van der Waals surface area contributed by atoms with Gasteiger partial charge in [-0.15, -0.1) is 0 Å². The Bertz CT molecular complexity index is 1750. The Kier molecular flexibility index (Phi) is 7.70. The molecule has 242 valence electrons. The van der Waals surface area contributed by atoms with Crippen LogP contribution in [0.4, 0.5) is 8.78 Å². The highest BCUT2D eigenvalue weighted by Gasteiger charge is 2.44. The molecule has 0 spiro atoms. The number of ether oxygens (including phenoxy) is 2. The lowest BCUT2D eigenvalue weighted by Gasteiger charge is -2.33. The number of amides is 1. The minimum Gasteiger partial charge on any atom is -0.490 e. The first-order valence-electron chi connectivity index (χ1n) is 16.5. The summed E-state index contributed by atoms with van der Waals surface area (Å²) in [4.78, 5) is 28.1. The van der Waals surface area contributed by atoms with Gasteiger partial charge in [-0.05, 0) is 147 Å². The fourth-order valence-electron chi connectivity index (χ4n) is 7.66. The van der Waals surface area contributed by atoms with Gasteiger partial charge in [-0.3, -0.25) is 9.59 Å². The Morgan fingerprint density at radius 3 is 2.33 bits per heavy atom. The summed E-state index contributed by atoms with van der Waals surface area (Å²) in [7, 11) is 0. The number of aliphatic carboxylic acids is 1. The van der Waals surface area contributed by atoms with E-state index in [-0.39, 0.29) is 24.2 Å². The van der Waals surface area contributed by atoms with E-state index in [9.17, 15) is 19.1 Å². The number of fused-ring (bicyclic) bond motifs is 2. The maximum atomic E-state index is 16.0. The van der Waals surface area contributed by atoms with Gasteiger partial charge in [0.25, 0.3) is 5.91 Å². The molecule has 46 heavy (non-hydrogen) atoms. The molecule has 7 rings (SSSR count). The maximum Gasteiger partial charge on any atom is 0.306 e. The standard InChI is InChI=1S/C38H41F2NO5/c1-20-25-9-6-14-45-36(25)29(40)16-26(20)34-32(21-10-11-21)27-18-41(37(44)23-7-5-8-24(39)15-23)19-28(27)33(22-12-13-22)35(34)30(17-31(42)43)46-38(2,3)4/h5,7-8,15-16,21-22,30H,6,9-14,17-19H2,1-4H3,(H,42,43)/t30-/m1/s1. The lowest BCUT2D eigenvalue weighted by molar-refractivity contribution is -0.143. The fraction of sp³-hybridized carbons (Fsp3) is 0.474. The number of nitrogens with zero attached hydrogens (tertiary/aromatic N) is 1. The van der Waals surface area contributed by atoms with Crippen molar-refractivity contribution >= 4 is 11.9 Å². The average Bonchev–Trinajstić information content (AvgIpc) is 3.94. The van der Waals surface area contributed by atoms with Gasteiger partial charge >= 0.3 is 5.97 Å². The Hall–Kier alpha value is -3.78. The number of carbonyl (C=O) groups is 2. The smallest absolute Gasteiger partial charge is 0.306 e. The van der Waals surface area contributed by atoms with Gasteiger partial charge in [0.05, 0.1) is 24.7 Å². The number of hydrogen-bond acceptors (Lipinski definition) is 4. The second-order valence-corrected chi connectivity index (χ2v) is 14.4. The zero-order valence-electron chi connectivity index (χ0n) is 27.0. The van der Waals surface area contributed by atoms with Crippen LogP contribution in [-0.2, 0) is 29.0 Å². The highest BCUT2D eigenvalue weighted by atomic mass is 19.1. The molecule has 0 radical (unpaired) electrons. The maximum absolute atomic E-state index is 16.0. The van der Waals surface area contributed by atoms with E-state index >= 15 is 4.39 Å². The Morgan fingerprint density at radius 2 is 1.70 bits per heavy atom. The van der Waals surface area contributed by atoms with Crippen molar-refractivity contribution in [1.82, 2.24) is 4.90 Å². The summed E-state index contributed by atoms with van der Waals surface area (Å²) < 4.78 is 42.6. The van der Waals surface area contributed by atoms with Crippen molar-refractivity contribution in [3.8, 4) is 16.9 Å². The van der Waals surface area contributed by atoms with Crippen LogP contribution in [-0.4, -0.2) is 34.1 Å². The van der Waals surface area contributed by atoms with Crippen molar-refractivity contribution in [2.45, 2.75) is 109 Å². The summed E-state index contributed by atoms with van der Waals surface area (Å²) in [6, 6.07) is 7.36. The van der Waals surface area contributed by atoms with Gasteiger partial charge in [0.2, 0.25) is 0 Å². The van der Waals surface area contributed by atoms with Crippen LogP contribution in [0.25, 0.3) is 11.1 Å². The van der Waals surface area contributed by atoms with Gasteiger partial charge in [0.1, 0.15) is 5.82 Å². The van der Waals surface area contributed by atoms with Gasteiger partial charge in [-0.1, -0.05) is 6.07 Å². The largest absolute Gasteiger partial charge is 0.490 e. The molecular weight excluding hydrogens is 588 g/mol. The topological polar surface area (TPSA) is 76.1 Å². The molecule has 0 bridgehead atoms. The molecule has 3 aromatic rings. The zero-order chi connectivity index (χ0) is 32.5. The van der Waals surface area contributed by atoms with Crippen LogP contribution in [0.5, 0.6) is 5.75 Å². The van der Waals surface area contributed by atoms with Crippen molar-refractivity contribution in [3.05, 3.63) is 86.5 Å². The van der Waals surface area contributed by atoms with E-state index in [1.165, 1.54) is 12.1 Å². The molecule has 6 nitrogen and oxygen atoms in total. The van der Waals surface area contributed by atoms with E-state index in [1.807, 2.05) is 27.7 Å². The van der Waals surface area contributed by atoms with Crippen LogP contribution in [0, 0.1) is 18.6 Å². The first-order valence-corrected chi connectivity index (χ1v) is 16.5. The molecule has 0 unspecified atom stereocenters. The van der Waals surface area contributed by atoms with Gasteiger partial charge in [-0.2, -0.15) is 0 Å². The van der Waals surface area contributed by atoms with Crippen molar-refractivity contribution in [2.75, 3.05) is 6.61 Å². The summed E-state index contributed by atoms with van der Waals surface area (Å²) in [5.41, 5.74) is 8.17. The molecule has 2 aliphatic carbocycles. The molecule has 1 N–H and O–H groups in total. The minimum absolute atomic E-state index is 0.186. The number of carboxylic acids is 1. The van der Waals surface area contributed by atoms with Crippen LogP contribution in [0.1, 0.15) is 127 Å². The van der Waals surface area contributed by atoms with Crippen molar-refractivity contribution in [1.29, 1.82) is 0 Å². The van der Waals surface area contributed by atoms with Gasteiger partial charge in [0, 0.05) is 24.2 Å². The van der Waals surface area contributed by atoms with E-state index in [2.05, 4.69) is 0 Å². The molecule has 4 aliphatic rings. The summed E-state index contributed by atoms with van der Waals surface area (Å²) >= 11 is 0. The van der Waals surface area contributed by atoms with Crippen LogP contribution in [0.15, 0.2) is 30.3 Å². The number of halogens is 2. The molecule has 2 fully saturated rings. The van der Waals surface area contributed by atoms with E-state index < -0.39 is 29.3 Å². The van der Waals surface area contributed by atoms with Gasteiger partial charge < -0.3 is 19.5 Å². The third-order valence-corrected chi connectivity index (χ3v) is 9.75. The third-order valence-electron chi connectivity index (χ3n) is 9.75. The van der Waals surface area contributed by atoms with E-state index in [0.29, 0.717) is 37.4 Å². The normalized spacial score (nSPS) is 18.2. The monoisotopic (exact) mass is 629 g/mol. The number of carbonyl (C=O) groups excluding carboxylic acids is 1. The number of carboxylic acid groups (broad SMARTS) is 1. The highest BCUT2D eigenvalue weighted by molar-refractivity contribution is 5.95. The van der Waals surface area contributed by atoms with Crippen molar-refractivity contribution in [2.24, 2.45) is 0 Å². The Balaban J connectivity index is 1.51. The van der Waals surface area contributed by atoms with E-state index in [0.717, 1.165) is 82.2 Å². The fourth-order valence-corrected chi connectivity index (χ4v) is 7.66. The van der Waals surface area contributed by atoms with Gasteiger partial charge in [-0.25, -0.2) is 8.78 Å². The second-order valence-electron chi connectivity index (χ2n) is 14.4. The average molecular weight is 630 g/mol. The SMILES string of the molecule is Cc1c(-c2c(C3CC3)c3c(c(C4CC4)c2[C@@H](CC(=O)O)OC(C)(C)C)CN(C(=O)c2cccc(F)c2)C3)cc(F)c2c1CCCO2. The van der Waals surface area contributed by atoms with E-state index in [1.54, 1.807) is 23.1 Å². The number of rotatable bonds is 8. The highest BCUT2D eigenvalue weighted by Crippen LogP contribution is 2.58. The summed E-state index contributed by atoms with van der Waals surface area (Å²) in [5.74, 6) is -1.39. The molecule has 8 heteroatoms. The molecule has 2 aliphatic heterocycles. The first-order chi connectivity index (χ1) is 21.9. The summed E-state index contributed by atoms with van der Waals surface area (Å²) in [6.07, 6.45) is 4.27. The molecular formula is C38H41F2NO5. The lowest BCUT2D eigenvalue weighted by atomic mass is 9.77. The zero-order valence-corrected chi connectivity index (χ0v) is 27.0. The van der Waals surface area contributed by atoms with E-state index in [4.69, 9.17) is 9.47 Å². The van der Waals surface area contributed by atoms with Crippen molar-refractivity contribution < 1.29 is 33.0 Å². The predicted octanol–water partition coefficient (Wildman–Crippen LogP) is 8.51. The Morgan fingerprint density at radius 1 is 1.02 bits per heavy atom. The molecule has 2 saturated carbocycles. The van der Waals surface area contributed by atoms with Crippen molar-refractivity contribution in [3.63, 3.8) is 0 Å². The molecule has 1 amide bonds. The third kappa shape index (κ3) is 5.70. The quantitative estimate of drug-likeness (QED) is 0.270. The molecule has 1 atom stereocenters. The number of hydrogen-bond donors (Lipinski definition) is 1. The van der Waals surface area contributed by atoms with Crippen LogP contribution in [0.2, 0.25) is 0 Å². The van der Waals surface area contributed by atoms with Crippen LogP contribution >= 0.6 is 0 Å².